The Morgan fingerprint density at radius 3 is 2.91 bits per heavy atom. The SMILES string of the molecule is Cn1cc2cc(-c3ccnc(NC4CCCC4)n3)ccc2n1. The van der Waals surface area contributed by atoms with E-state index in [2.05, 4.69) is 32.5 Å². The lowest BCUT2D eigenvalue weighted by Gasteiger charge is -2.12. The number of aryl methyl sites for hydroxylation is 1. The van der Waals surface area contributed by atoms with Crippen LogP contribution in [0.25, 0.3) is 22.2 Å². The topological polar surface area (TPSA) is 55.6 Å². The lowest BCUT2D eigenvalue weighted by molar-refractivity contribution is 0.744. The van der Waals surface area contributed by atoms with Crippen LogP contribution < -0.4 is 5.32 Å². The van der Waals surface area contributed by atoms with E-state index in [1.54, 1.807) is 0 Å². The van der Waals surface area contributed by atoms with E-state index in [4.69, 9.17) is 0 Å². The summed E-state index contributed by atoms with van der Waals surface area (Å²) >= 11 is 0. The molecule has 1 aliphatic rings. The summed E-state index contributed by atoms with van der Waals surface area (Å²) in [7, 11) is 1.94. The normalized spacial score (nSPS) is 15.5. The molecular formula is C17H19N5. The Morgan fingerprint density at radius 2 is 2.05 bits per heavy atom. The molecule has 0 spiro atoms. The van der Waals surface area contributed by atoms with Crippen LogP contribution in [0.2, 0.25) is 0 Å². The first-order valence-corrected chi connectivity index (χ1v) is 7.81. The highest BCUT2D eigenvalue weighted by atomic mass is 15.2. The zero-order chi connectivity index (χ0) is 14.9. The molecule has 0 atom stereocenters. The quantitative estimate of drug-likeness (QED) is 0.804. The predicted molar refractivity (Wildman–Crippen MR) is 87.6 cm³/mol. The molecule has 1 aromatic carbocycles. The molecule has 112 valence electrons. The molecule has 1 N–H and O–H groups in total. The molecule has 5 nitrogen and oxygen atoms in total. The minimum atomic E-state index is 0.524. The van der Waals surface area contributed by atoms with Gasteiger partial charge in [0.25, 0.3) is 0 Å². The Hall–Kier alpha value is -2.43. The Labute approximate surface area is 129 Å². The number of hydrogen-bond acceptors (Lipinski definition) is 4. The molecule has 1 aliphatic carbocycles. The van der Waals surface area contributed by atoms with E-state index in [1.165, 1.54) is 25.7 Å². The minimum Gasteiger partial charge on any atom is -0.351 e. The van der Waals surface area contributed by atoms with E-state index in [9.17, 15) is 0 Å². The first-order valence-electron chi connectivity index (χ1n) is 7.81. The summed E-state index contributed by atoms with van der Waals surface area (Å²) in [5, 5.41) is 8.99. The van der Waals surface area contributed by atoms with Gasteiger partial charge in [0.15, 0.2) is 0 Å². The zero-order valence-corrected chi connectivity index (χ0v) is 12.7. The van der Waals surface area contributed by atoms with Crippen LogP contribution in [0, 0.1) is 0 Å². The van der Waals surface area contributed by atoms with E-state index in [0.29, 0.717) is 6.04 Å². The third-order valence-corrected chi connectivity index (χ3v) is 4.26. The van der Waals surface area contributed by atoms with Crippen LogP contribution in [0.4, 0.5) is 5.95 Å². The van der Waals surface area contributed by atoms with Crippen molar-refractivity contribution in [3.05, 3.63) is 36.7 Å². The molecule has 0 amide bonds. The molecular weight excluding hydrogens is 274 g/mol. The van der Waals surface area contributed by atoms with Gasteiger partial charge in [-0.15, -0.1) is 0 Å². The molecule has 1 saturated carbocycles. The van der Waals surface area contributed by atoms with Crippen LogP contribution in [0.5, 0.6) is 0 Å². The van der Waals surface area contributed by atoms with E-state index in [1.807, 2.05) is 36.3 Å². The fraction of sp³-hybridized carbons (Fsp3) is 0.353. The maximum atomic E-state index is 4.67. The molecule has 0 saturated heterocycles. The zero-order valence-electron chi connectivity index (χ0n) is 12.7. The Balaban J connectivity index is 1.65. The van der Waals surface area contributed by atoms with Gasteiger partial charge in [0.05, 0.1) is 11.2 Å². The van der Waals surface area contributed by atoms with Crippen molar-refractivity contribution in [2.75, 3.05) is 5.32 Å². The van der Waals surface area contributed by atoms with Gasteiger partial charge >= 0.3 is 0 Å². The highest BCUT2D eigenvalue weighted by Gasteiger charge is 2.15. The number of nitrogens with zero attached hydrogens (tertiary/aromatic N) is 4. The van der Waals surface area contributed by atoms with E-state index >= 15 is 0 Å². The second-order valence-electron chi connectivity index (χ2n) is 5.97. The number of aromatic nitrogens is 4. The number of rotatable bonds is 3. The van der Waals surface area contributed by atoms with Crippen molar-refractivity contribution in [1.29, 1.82) is 0 Å². The molecule has 2 heterocycles. The van der Waals surface area contributed by atoms with E-state index in [-0.39, 0.29) is 0 Å². The van der Waals surface area contributed by atoms with Crippen LogP contribution in [0.3, 0.4) is 0 Å². The molecule has 22 heavy (non-hydrogen) atoms. The van der Waals surface area contributed by atoms with Crippen LogP contribution in [-0.4, -0.2) is 25.8 Å². The van der Waals surface area contributed by atoms with Gasteiger partial charge in [-0.1, -0.05) is 18.9 Å². The Morgan fingerprint density at radius 1 is 1.18 bits per heavy atom. The first kappa shape index (κ1) is 13.2. The number of nitrogens with one attached hydrogen (secondary N) is 1. The van der Waals surface area contributed by atoms with Gasteiger partial charge in [-0.3, -0.25) is 4.68 Å². The molecule has 0 unspecified atom stereocenters. The van der Waals surface area contributed by atoms with Crippen molar-refractivity contribution in [2.24, 2.45) is 7.05 Å². The molecule has 0 radical (unpaired) electrons. The average molecular weight is 293 g/mol. The summed E-state index contributed by atoms with van der Waals surface area (Å²) in [6.45, 7) is 0. The van der Waals surface area contributed by atoms with Gasteiger partial charge in [0, 0.05) is 36.4 Å². The van der Waals surface area contributed by atoms with Crippen LogP contribution in [0.15, 0.2) is 36.7 Å². The molecule has 3 aromatic rings. The van der Waals surface area contributed by atoms with Gasteiger partial charge in [-0.05, 0) is 31.0 Å². The number of fused-ring (bicyclic) bond motifs is 1. The van der Waals surface area contributed by atoms with Gasteiger partial charge in [0.2, 0.25) is 5.95 Å². The average Bonchev–Trinajstić information content (AvgIpc) is 3.15. The summed E-state index contributed by atoms with van der Waals surface area (Å²) in [4.78, 5) is 9.03. The highest BCUT2D eigenvalue weighted by Crippen LogP contribution is 2.24. The van der Waals surface area contributed by atoms with Gasteiger partial charge in [0.1, 0.15) is 0 Å². The lowest BCUT2D eigenvalue weighted by atomic mass is 10.1. The largest absolute Gasteiger partial charge is 0.351 e. The summed E-state index contributed by atoms with van der Waals surface area (Å²) in [6, 6.07) is 8.71. The van der Waals surface area contributed by atoms with Gasteiger partial charge in [-0.2, -0.15) is 5.10 Å². The smallest absolute Gasteiger partial charge is 0.223 e. The summed E-state index contributed by atoms with van der Waals surface area (Å²) in [5.74, 6) is 0.732. The maximum absolute atomic E-state index is 4.67. The van der Waals surface area contributed by atoms with E-state index in [0.717, 1.165) is 28.1 Å². The third kappa shape index (κ3) is 2.54. The summed E-state index contributed by atoms with van der Waals surface area (Å²) in [5.41, 5.74) is 3.04. The Kier molecular flexibility index (Phi) is 3.25. The predicted octanol–water partition coefficient (Wildman–Crippen LogP) is 3.38. The molecule has 5 heteroatoms. The monoisotopic (exact) mass is 293 g/mol. The highest BCUT2D eigenvalue weighted by molar-refractivity contribution is 5.83. The van der Waals surface area contributed by atoms with Gasteiger partial charge in [-0.25, -0.2) is 9.97 Å². The van der Waals surface area contributed by atoms with Crippen LogP contribution in [-0.2, 0) is 7.05 Å². The van der Waals surface area contributed by atoms with Gasteiger partial charge < -0.3 is 5.32 Å². The molecule has 0 aliphatic heterocycles. The summed E-state index contributed by atoms with van der Waals surface area (Å²) < 4.78 is 1.83. The second kappa shape index (κ2) is 5.40. The Bertz CT molecular complexity index is 802. The molecule has 2 aromatic heterocycles. The van der Waals surface area contributed by atoms with Crippen molar-refractivity contribution in [3.63, 3.8) is 0 Å². The van der Waals surface area contributed by atoms with Crippen molar-refractivity contribution in [1.82, 2.24) is 19.7 Å². The van der Waals surface area contributed by atoms with Crippen molar-refractivity contribution in [2.45, 2.75) is 31.7 Å². The van der Waals surface area contributed by atoms with Crippen LogP contribution in [0.1, 0.15) is 25.7 Å². The summed E-state index contributed by atoms with van der Waals surface area (Å²) in [6.07, 6.45) is 8.89. The number of hydrogen-bond donors (Lipinski definition) is 1. The third-order valence-electron chi connectivity index (χ3n) is 4.26. The molecule has 1 fully saturated rings. The number of anilines is 1. The fourth-order valence-corrected chi connectivity index (χ4v) is 3.15. The van der Waals surface area contributed by atoms with Crippen molar-refractivity contribution < 1.29 is 0 Å². The van der Waals surface area contributed by atoms with Crippen molar-refractivity contribution in [3.8, 4) is 11.3 Å². The molecule has 4 rings (SSSR count). The standard InChI is InChI=1S/C17H19N5/c1-22-11-13-10-12(6-7-16(13)21-22)15-8-9-18-17(20-15)19-14-4-2-3-5-14/h6-11,14H,2-5H2,1H3,(H,18,19,20). The van der Waals surface area contributed by atoms with E-state index < -0.39 is 0 Å². The maximum Gasteiger partial charge on any atom is 0.223 e. The van der Waals surface area contributed by atoms with Crippen molar-refractivity contribution >= 4 is 16.9 Å². The number of benzene rings is 1. The first-order chi connectivity index (χ1) is 10.8. The molecule has 0 bridgehead atoms. The lowest BCUT2D eigenvalue weighted by Crippen LogP contribution is -2.16. The minimum absolute atomic E-state index is 0.524. The second-order valence-corrected chi connectivity index (χ2v) is 5.97. The fourth-order valence-electron chi connectivity index (χ4n) is 3.15. The van der Waals surface area contributed by atoms with Crippen LogP contribution >= 0.6 is 0 Å².